The molecule has 0 aliphatic rings. The maximum absolute atomic E-state index is 6.02. The number of aryl methyl sites for hydroxylation is 1. The summed E-state index contributed by atoms with van der Waals surface area (Å²) < 4.78 is 7.13. The van der Waals surface area contributed by atoms with Crippen LogP contribution in [0.25, 0.3) is 0 Å². The van der Waals surface area contributed by atoms with Gasteiger partial charge in [0.2, 0.25) is 0 Å². The van der Waals surface area contributed by atoms with Crippen molar-refractivity contribution in [2.45, 2.75) is 33.4 Å². The number of hydrogen-bond donors (Lipinski definition) is 2. The first kappa shape index (κ1) is 20.3. The molecule has 6 nitrogen and oxygen atoms in total. The van der Waals surface area contributed by atoms with Crippen LogP contribution in [0.1, 0.15) is 22.5 Å². The number of aliphatic imine (C=N–C) groups is 1. The molecule has 0 aliphatic heterocycles. The zero-order valence-corrected chi connectivity index (χ0v) is 16.7. The molecule has 0 bridgehead atoms. The van der Waals surface area contributed by atoms with Gasteiger partial charge in [-0.2, -0.15) is 5.10 Å². The summed E-state index contributed by atoms with van der Waals surface area (Å²) in [5.74, 6) is 0.774. The summed E-state index contributed by atoms with van der Waals surface area (Å²) >= 11 is 6.02. The Labute approximate surface area is 160 Å². The van der Waals surface area contributed by atoms with E-state index in [9.17, 15) is 0 Å². The highest BCUT2D eigenvalue weighted by molar-refractivity contribution is 6.30. The Bertz CT molecular complexity index is 742. The SMILES string of the molecule is CN=C(NCCc1cccc(Cl)c1)NCc1c(C)nn(CCOC)c1C. The summed E-state index contributed by atoms with van der Waals surface area (Å²) in [7, 11) is 3.48. The van der Waals surface area contributed by atoms with Crippen LogP contribution in [0.15, 0.2) is 29.3 Å². The highest BCUT2D eigenvalue weighted by Gasteiger charge is 2.11. The number of benzene rings is 1. The molecule has 2 N–H and O–H groups in total. The molecule has 7 heteroatoms. The smallest absolute Gasteiger partial charge is 0.191 e. The number of halogens is 1. The molecule has 0 spiro atoms. The molecule has 1 aromatic carbocycles. The Morgan fingerprint density at radius 3 is 2.81 bits per heavy atom. The summed E-state index contributed by atoms with van der Waals surface area (Å²) in [5, 5.41) is 12.0. The Morgan fingerprint density at radius 2 is 2.12 bits per heavy atom. The molecule has 0 radical (unpaired) electrons. The summed E-state index contributed by atoms with van der Waals surface area (Å²) in [5.41, 5.74) is 4.58. The average Bonchev–Trinajstić information content (AvgIpc) is 2.89. The van der Waals surface area contributed by atoms with E-state index < -0.39 is 0 Å². The van der Waals surface area contributed by atoms with Crippen molar-refractivity contribution in [3.8, 4) is 0 Å². The van der Waals surface area contributed by atoms with Crippen LogP contribution in [0, 0.1) is 13.8 Å². The third-order valence-corrected chi connectivity index (χ3v) is 4.53. The fraction of sp³-hybridized carbons (Fsp3) is 0.474. The van der Waals surface area contributed by atoms with Gasteiger partial charge < -0.3 is 15.4 Å². The standard InChI is InChI=1S/C19H28ClN5O/c1-14-18(15(2)25(24-14)10-11-26-4)13-23-19(21-3)22-9-8-16-6-5-7-17(20)12-16/h5-7,12H,8-11,13H2,1-4H3,(H2,21,22,23). The van der Waals surface area contributed by atoms with E-state index >= 15 is 0 Å². The molecule has 26 heavy (non-hydrogen) atoms. The highest BCUT2D eigenvalue weighted by atomic mass is 35.5. The lowest BCUT2D eigenvalue weighted by molar-refractivity contribution is 0.182. The van der Waals surface area contributed by atoms with Crippen molar-refractivity contribution < 1.29 is 4.74 Å². The molecule has 2 aromatic rings. The molecule has 1 aromatic heterocycles. The van der Waals surface area contributed by atoms with Gasteiger partial charge in [0, 0.05) is 43.5 Å². The molecule has 0 saturated heterocycles. The van der Waals surface area contributed by atoms with E-state index in [1.165, 1.54) is 11.1 Å². The zero-order valence-electron chi connectivity index (χ0n) is 16.0. The van der Waals surface area contributed by atoms with E-state index in [0.29, 0.717) is 13.2 Å². The predicted octanol–water partition coefficient (Wildman–Crippen LogP) is 2.71. The van der Waals surface area contributed by atoms with E-state index in [0.717, 1.165) is 41.9 Å². The minimum atomic E-state index is 0.654. The topological polar surface area (TPSA) is 63.5 Å². The first-order valence-corrected chi connectivity index (χ1v) is 9.13. The Kier molecular flexibility index (Phi) is 7.94. The Morgan fingerprint density at radius 1 is 1.31 bits per heavy atom. The summed E-state index contributed by atoms with van der Waals surface area (Å²) in [6, 6.07) is 7.92. The van der Waals surface area contributed by atoms with Crippen molar-refractivity contribution in [1.29, 1.82) is 0 Å². The van der Waals surface area contributed by atoms with Gasteiger partial charge in [-0.3, -0.25) is 9.67 Å². The van der Waals surface area contributed by atoms with E-state index in [2.05, 4.69) is 33.7 Å². The minimum Gasteiger partial charge on any atom is -0.383 e. The monoisotopic (exact) mass is 377 g/mol. The first-order chi connectivity index (χ1) is 12.5. The van der Waals surface area contributed by atoms with Gasteiger partial charge in [-0.25, -0.2) is 0 Å². The van der Waals surface area contributed by atoms with Crippen molar-refractivity contribution in [2.75, 3.05) is 27.3 Å². The molecule has 0 atom stereocenters. The van der Waals surface area contributed by atoms with Gasteiger partial charge in [-0.1, -0.05) is 23.7 Å². The molecule has 142 valence electrons. The number of ether oxygens (including phenoxy) is 1. The third kappa shape index (κ3) is 5.75. The van der Waals surface area contributed by atoms with E-state index in [4.69, 9.17) is 16.3 Å². The number of aromatic nitrogens is 2. The fourth-order valence-corrected chi connectivity index (χ4v) is 3.01. The lowest BCUT2D eigenvalue weighted by atomic mass is 10.1. The van der Waals surface area contributed by atoms with Crippen LogP contribution in [0.2, 0.25) is 5.02 Å². The molecule has 0 saturated carbocycles. The van der Waals surface area contributed by atoms with Gasteiger partial charge in [0.1, 0.15) is 0 Å². The number of guanidine groups is 1. The molecule has 1 heterocycles. The van der Waals surface area contributed by atoms with Crippen LogP contribution in [0.5, 0.6) is 0 Å². The molecule has 0 aliphatic carbocycles. The van der Waals surface area contributed by atoms with E-state index in [1.807, 2.05) is 29.8 Å². The molecule has 0 amide bonds. The second-order valence-corrected chi connectivity index (χ2v) is 6.53. The summed E-state index contributed by atoms with van der Waals surface area (Å²) in [4.78, 5) is 4.29. The van der Waals surface area contributed by atoms with Gasteiger partial charge in [0.15, 0.2) is 5.96 Å². The Hall–Kier alpha value is -2.05. The number of methoxy groups -OCH3 is 1. The zero-order chi connectivity index (χ0) is 18.9. The molecular formula is C19H28ClN5O. The largest absolute Gasteiger partial charge is 0.383 e. The number of hydrogen-bond acceptors (Lipinski definition) is 3. The lowest BCUT2D eigenvalue weighted by Crippen LogP contribution is -2.38. The maximum Gasteiger partial charge on any atom is 0.191 e. The molecule has 2 rings (SSSR count). The van der Waals surface area contributed by atoms with Gasteiger partial charge in [0.25, 0.3) is 0 Å². The van der Waals surface area contributed by atoms with E-state index in [-0.39, 0.29) is 0 Å². The number of nitrogens with zero attached hydrogens (tertiary/aromatic N) is 3. The quantitative estimate of drug-likeness (QED) is 0.548. The van der Waals surface area contributed by atoms with Crippen LogP contribution in [0.4, 0.5) is 0 Å². The lowest BCUT2D eigenvalue weighted by Gasteiger charge is -2.12. The normalized spacial score (nSPS) is 11.7. The van der Waals surface area contributed by atoms with Crippen LogP contribution in [-0.2, 0) is 24.2 Å². The van der Waals surface area contributed by atoms with Gasteiger partial charge >= 0.3 is 0 Å². The summed E-state index contributed by atoms with van der Waals surface area (Å²) in [6.07, 6.45) is 0.883. The first-order valence-electron chi connectivity index (χ1n) is 8.76. The fourth-order valence-electron chi connectivity index (χ4n) is 2.80. The van der Waals surface area contributed by atoms with Crippen LogP contribution in [-0.4, -0.2) is 43.0 Å². The molecular weight excluding hydrogens is 350 g/mol. The van der Waals surface area contributed by atoms with Gasteiger partial charge in [-0.05, 0) is 38.0 Å². The number of nitrogens with one attached hydrogen (secondary N) is 2. The van der Waals surface area contributed by atoms with Crippen molar-refractivity contribution in [3.63, 3.8) is 0 Å². The molecule has 0 fully saturated rings. The second-order valence-electron chi connectivity index (χ2n) is 6.10. The molecule has 0 unspecified atom stereocenters. The second kappa shape index (κ2) is 10.2. The maximum atomic E-state index is 6.02. The van der Waals surface area contributed by atoms with Crippen LogP contribution >= 0.6 is 11.6 Å². The van der Waals surface area contributed by atoms with Crippen molar-refractivity contribution in [2.24, 2.45) is 4.99 Å². The van der Waals surface area contributed by atoms with Crippen LogP contribution < -0.4 is 10.6 Å². The average molecular weight is 378 g/mol. The summed E-state index contributed by atoms with van der Waals surface area (Å²) in [6.45, 7) is 6.99. The number of rotatable bonds is 8. The van der Waals surface area contributed by atoms with Gasteiger partial charge in [0.05, 0.1) is 18.8 Å². The van der Waals surface area contributed by atoms with Crippen molar-refractivity contribution in [1.82, 2.24) is 20.4 Å². The Balaban J connectivity index is 1.86. The van der Waals surface area contributed by atoms with E-state index in [1.54, 1.807) is 14.2 Å². The minimum absolute atomic E-state index is 0.654. The van der Waals surface area contributed by atoms with Gasteiger partial charge in [-0.15, -0.1) is 0 Å². The highest BCUT2D eigenvalue weighted by Crippen LogP contribution is 2.13. The van der Waals surface area contributed by atoms with Crippen LogP contribution in [0.3, 0.4) is 0 Å². The third-order valence-electron chi connectivity index (χ3n) is 4.29. The van der Waals surface area contributed by atoms with Crippen molar-refractivity contribution in [3.05, 3.63) is 51.8 Å². The van der Waals surface area contributed by atoms with Crippen molar-refractivity contribution >= 4 is 17.6 Å². The predicted molar refractivity (Wildman–Crippen MR) is 107 cm³/mol.